The van der Waals surface area contributed by atoms with Crippen molar-refractivity contribution in [2.24, 2.45) is 0 Å². The van der Waals surface area contributed by atoms with Gasteiger partial charge in [-0.2, -0.15) is 0 Å². The zero-order chi connectivity index (χ0) is 16.4. The highest BCUT2D eigenvalue weighted by atomic mass is 16.3. The van der Waals surface area contributed by atoms with Gasteiger partial charge in [-0.3, -0.25) is 4.79 Å². The molecule has 4 aromatic rings. The van der Waals surface area contributed by atoms with Crippen LogP contribution in [0.15, 0.2) is 65.5 Å². The SMILES string of the molecule is O=C(NCc1coc(-c2ccccc2)n1)c1ccc2nc[nH]c2c1. The summed E-state index contributed by atoms with van der Waals surface area (Å²) in [5.41, 5.74) is 3.80. The number of nitrogens with zero attached hydrogens (tertiary/aromatic N) is 2. The fraction of sp³-hybridized carbons (Fsp3) is 0.0556. The summed E-state index contributed by atoms with van der Waals surface area (Å²) in [5.74, 6) is 0.370. The number of hydrogen-bond donors (Lipinski definition) is 2. The van der Waals surface area contributed by atoms with Crippen molar-refractivity contribution in [2.45, 2.75) is 6.54 Å². The minimum atomic E-state index is -0.171. The first-order valence-corrected chi connectivity index (χ1v) is 7.51. The maximum atomic E-state index is 12.3. The molecule has 2 heterocycles. The largest absolute Gasteiger partial charge is 0.444 e. The summed E-state index contributed by atoms with van der Waals surface area (Å²) in [4.78, 5) is 23.8. The average Bonchev–Trinajstić information content (AvgIpc) is 3.29. The van der Waals surface area contributed by atoms with Gasteiger partial charge in [-0.15, -0.1) is 0 Å². The number of benzene rings is 2. The quantitative estimate of drug-likeness (QED) is 0.605. The van der Waals surface area contributed by atoms with Crippen molar-refractivity contribution in [3.05, 3.63) is 72.4 Å². The fourth-order valence-corrected chi connectivity index (χ4v) is 2.45. The van der Waals surface area contributed by atoms with Crippen LogP contribution in [0.25, 0.3) is 22.5 Å². The van der Waals surface area contributed by atoms with Gasteiger partial charge >= 0.3 is 0 Å². The van der Waals surface area contributed by atoms with Gasteiger partial charge in [-0.1, -0.05) is 18.2 Å². The number of oxazole rings is 1. The van der Waals surface area contributed by atoms with Crippen molar-refractivity contribution in [3.63, 3.8) is 0 Å². The Bertz CT molecular complexity index is 988. The lowest BCUT2D eigenvalue weighted by atomic mass is 10.2. The number of aromatic nitrogens is 3. The molecule has 118 valence electrons. The van der Waals surface area contributed by atoms with Crippen LogP contribution in [0.3, 0.4) is 0 Å². The van der Waals surface area contributed by atoms with Crippen LogP contribution >= 0.6 is 0 Å². The Morgan fingerprint density at radius 1 is 1.17 bits per heavy atom. The number of H-pyrrole nitrogens is 1. The number of carbonyl (C=O) groups excluding carboxylic acids is 1. The molecule has 0 unspecified atom stereocenters. The maximum absolute atomic E-state index is 12.3. The number of nitrogens with one attached hydrogen (secondary N) is 2. The molecule has 0 spiro atoms. The van der Waals surface area contributed by atoms with E-state index in [4.69, 9.17) is 4.42 Å². The van der Waals surface area contributed by atoms with E-state index in [0.29, 0.717) is 23.7 Å². The fourth-order valence-electron chi connectivity index (χ4n) is 2.45. The Morgan fingerprint density at radius 3 is 2.92 bits per heavy atom. The van der Waals surface area contributed by atoms with Crippen molar-refractivity contribution in [1.29, 1.82) is 0 Å². The Kier molecular flexibility index (Phi) is 3.55. The molecule has 0 saturated carbocycles. The van der Waals surface area contributed by atoms with Crippen LogP contribution in [0.1, 0.15) is 16.1 Å². The number of carbonyl (C=O) groups is 1. The average molecular weight is 318 g/mol. The molecule has 0 atom stereocenters. The monoisotopic (exact) mass is 318 g/mol. The molecular formula is C18H14N4O2. The van der Waals surface area contributed by atoms with Crippen molar-refractivity contribution >= 4 is 16.9 Å². The third-order valence-electron chi connectivity index (χ3n) is 3.68. The van der Waals surface area contributed by atoms with E-state index in [1.165, 1.54) is 0 Å². The second-order valence-corrected chi connectivity index (χ2v) is 5.33. The second kappa shape index (κ2) is 6.00. The van der Waals surface area contributed by atoms with Crippen molar-refractivity contribution < 1.29 is 9.21 Å². The lowest BCUT2D eigenvalue weighted by Gasteiger charge is -2.03. The summed E-state index contributed by atoms with van der Waals surface area (Å²) >= 11 is 0. The minimum absolute atomic E-state index is 0.171. The Hall–Kier alpha value is -3.41. The van der Waals surface area contributed by atoms with Gasteiger partial charge < -0.3 is 14.7 Å². The zero-order valence-corrected chi connectivity index (χ0v) is 12.7. The number of fused-ring (bicyclic) bond motifs is 1. The van der Waals surface area contributed by atoms with Gasteiger partial charge in [0.05, 0.1) is 29.6 Å². The van der Waals surface area contributed by atoms with E-state index in [9.17, 15) is 4.79 Å². The van der Waals surface area contributed by atoms with E-state index in [1.54, 1.807) is 24.7 Å². The second-order valence-electron chi connectivity index (χ2n) is 5.33. The molecule has 2 aromatic heterocycles. The van der Waals surface area contributed by atoms with Crippen molar-refractivity contribution in [2.75, 3.05) is 0 Å². The lowest BCUT2D eigenvalue weighted by Crippen LogP contribution is -2.22. The molecule has 6 nitrogen and oxygen atoms in total. The number of amides is 1. The Morgan fingerprint density at radius 2 is 2.04 bits per heavy atom. The standard InChI is InChI=1S/C18H14N4O2/c23-17(13-6-7-15-16(8-13)21-11-20-15)19-9-14-10-24-18(22-14)12-4-2-1-3-5-12/h1-8,10-11H,9H2,(H,19,23)(H,20,21). The third-order valence-corrected chi connectivity index (χ3v) is 3.68. The first-order valence-electron chi connectivity index (χ1n) is 7.51. The molecule has 0 fully saturated rings. The molecule has 0 bridgehead atoms. The van der Waals surface area contributed by atoms with Gasteiger partial charge in [0.25, 0.3) is 5.91 Å². The lowest BCUT2D eigenvalue weighted by molar-refractivity contribution is 0.0950. The Labute approximate surface area is 137 Å². The van der Waals surface area contributed by atoms with Crippen LogP contribution in [0, 0.1) is 0 Å². The number of hydrogen-bond acceptors (Lipinski definition) is 4. The molecule has 4 rings (SSSR count). The summed E-state index contributed by atoms with van der Waals surface area (Å²) in [7, 11) is 0. The summed E-state index contributed by atoms with van der Waals surface area (Å²) in [6, 6.07) is 15.0. The highest BCUT2D eigenvalue weighted by Crippen LogP contribution is 2.18. The van der Waals surface area contributed by atoms with Crippen molar-refractivity contribution in [1.82, 2.24) is 20.3 Å². The molecule has 0 aliphatic rings. The van der Waals surface area contributed by atoms with Crippen LogP contribution in [0.5, 0.6) is 0 Å². The predicted octanol–water partition coefficient (Wildman–Crippen LogP) is 3.15. The molecule has 6 heteroatoms. The molecule has 0 saturated heterocycles. The normalized spacial score (nSPS) is 10.8. The van der Waals surface area contributed by atoms with E-state index in [-0.39, 0.29) is 5.91 Å². The van der Waals surface area contributed by atoms with E-state index in [1.807, 2.05) is 36.4 Å². The number of imidazole rings is 1. The van der Waals surface area contributed by atoms with Gasteiger partial charge in [0.2, 0.25) is 5.89 Å². The van der Waals surface area contributed by atoms with Gasteiger partial charge in [0.1, 0.15) is 6.26 Å². The molecular weight excluding hydrogens is 304 g/mol. The highest BCUT2D eigenvalue weighted by Gasteiger charge is 2.10. The van der Waals surface area contributed by atoms with Gasteiger partial charge in [-0.05, 0) is 30.3 Å². The van der Waals surface area contributed by atoms with E-state index in [0.717, 1.165) is 16.6 Å². The summed E-state index contributed by atoms with van der Waals surface area (Å²) in [6.45, 7) is 0.302. The summed E-state index contributed by atoms with van der Waals surface area (Å²) < 4.78 is 5.46. The Balaban J connectivity index is 1.45. The molecule has 0 aliphatic heterocycles. The predicted molar refractivity (Wildman–Crippen MR) is 89.2 cm³/mol. The third kappa shape index (κ3) is 2.77. The first-order chi connectivity index (χ1) is 11.8. The van der Waals surface area contributed by atoms with Crippen LogP contribution in [-0.4, -0.2) is 20.9 Å². The highest BCUT2D eigenvalue weighted by molar-refractivity contribution is 5.97. The zero-order valence-electron chi connectivity index (χ0n) is 12.7. The van der Waals surface area contributed by atoms with Crippen LogP contribution in [0.2, 0.25) is 0 Å². The van der Waals surface area contributed by atoms with E-state index in [2.05, 4.69) is 20.3 Å². The number of aromatic amines is 1. The van der Waals surface area contributed by atoms with Crippen molar-refractivity contribution in [3.8, 4) is 11.5 Å². The molecule has 1 amide bonds. The maximum Gasteiger partial charge on any atom is 0.251 e. The molecule has 2 N–H and O–H groups in total. The first kappa shape index (κ1) is 14.2. The van der Waals surface area contributed by atoms with Crippen LogP contribution in [-0.2, 0) is 6.54 Å². The van der Waals surface area contributed by atoms with E-state index >= 15 is 0 Å². The molecule has 24 heavy (non-hydrogen) atoms. The van der Waals surface area contributed by atoms with Gasteiger partial charge in [0, 0.05) is 11.1 Å². The molecule has 2 aromatic carbocycles. The van der Waals surface area contributed by atoms with Crippen LogP contribution < -0.4 is 5.32 Å². The van der Waals surface area contributed by atoms with Gasteiger partial charge in [0.15, 0.2) is 0 Å². The minimum Gasteiger partial charge on any atom is -0.444 e. The smallest absolute Gasteiger partial charge is 0.251 e. The summed E-state index contributed by atoms with van der Waals surface area (Å²) in [5, 5.41) is 2.84. The molecule has 0 aliphatic carbocycles. The van der Waals surface area contributed by atoms with Gasteiger partial charge in [-0.25, -0.2) is 9.97 Å². The summed E-state index contributed by atoms with van der Waals surface area (Å²) in [6.07, 6.45) is 3.16. The molecule has 0 radical (unpaired) electrons. The number of rotatable bonds is 4. The topological polar surface area (TPSA) is 83.8 Å². The van der Waals surface area contributed by atoms with E-state index < -0.39 is 0 Å². The van der Waals surface area contributed by atoms with Crippen LogP contribution in [0.4, 0.5) is 0 Å².